The predicted molar refractivity (Wildman–Crippen MR) is 87.8 cm³/mol. The van der Waals surface area contributed by atoms with Crippen LogP contribution in [-0.2, 0) is 0 Å². The molecule has 3 rings (SSSR count). The molecule has 0 unspecified atom stereocenters. The van der Waals surface area contributed by atoms with Crippen LogP contribution in [0.2, 0.25) is 0 Å². The van der Waals surface area contributed by atoms with Crippen LogP contribution in [0.25, 0.3) is 5.69 Å². The highest BCUT2D eigenvalue weighted by molar-refractivity contribution is 6.04. The van der Waals surface area contributed by atoms with Crippen molar-refractivity contribution in [1.82, 2.24) is 20.2 Å². The molecule has 0 aliphatic rings. The largest absolute Gasteiger partial charge is 0.322 e. The normalized spacial score (nSPS) is 10.6. The summed E-state index contributed by atoms with van der Waals surface area (Å²) in [4.78, 5) is 12.4. The second kappa shape index (κ2) is 6.00. The highest BCUT2D eigenvalue weighted by Crippen LogP contribution is 2.19. The maximum atomic E-state index is 12.4. The number of benzene rings is 2. The van der Waals surface area contributed by atoms with E-state index in [1.165, 1.54) is 11.9 Å². The lowest BCUT2D eigenvalue weighted by molar-refractivity contribution is 0.102. The van der Waals surface area contributed by atoms with Crippen molar-refractivity contribution in [2.75, 3.05) is 5.32 Å². The molecule has 0 aliphatic heterocycles. The minimum absolute atomic E-state index is 0.123. The molecule has 0 saturated heterocycles. The molecule has 2 aromatic carbocycles. The van der Waals surface area contributed by atoms with Crippen molar-refractivity contribution < 1.29 is 4.79 Å². The summed E-state index contributed by atoms with van der Waals surface area (Å²) in [6.45, 7) is 5.97. The van der Waals surface area contributed by atoms with Gasteiger partial charge in [-0.3, -0.25) is 4.79 Å². The Kier molecular flexibility index (Phi) is 3.89. The maximum absolute atomic E-state index is 12.4. The fourth-order valence-electron chi connectivity index (χ4n) is 2.35. The number of hydrogen-bond acceptors (Lipinski definition) is 4. The van der Waals surface area contributed by atoms with E-state index in [4.69, 9.17) is 0 Å². The minimum atomic E-state index is -0.123. The van der Waals surface area contributed by atoms with Gasteiger partial charge in [-0.25, -0.2) is 4.68 Å². The third-order valence-corrected chi connectivity index (χ3v) is 3.82. The van der Waals surface area contributed by atoms with Crippen molar-refractivity contribution in [2.24, 2.45) is 0 Å². The molecule has 1 amide bonds. The van der Waals surface area contributed by atoms with Crippen LogP contribution in [0, 0.1) is 20.8 Å². The molecule has 1 aromatic heterocycles. The Hall–Kier alpha value is -3.02. The van der Waals surface area contributed by atoms with Gasteiger partial charge in [0.1, 0.15) is 6.33 Å². The summed E-state index contributed by atoms with van der Waals surface area (Å²) in [7, 11) is 0. The number of carbonyl (C=O) groups excluding carboxylic acids is 1. The molecule has 0 saturated carbocycles. The molecule has 0 aliphatic carbocycles. The van der Waals surface area contributed by atoms with E-state index in [2.05, 4.69) is 20.8 Å². The van der Waals surface area contributed by atoms with Crippen molar-refractivity contribution in [3.05, 3.63) is 65.0 Å². The Morgan fingerprint density at radius 1 is 1.00 bits per heavy atom. The highest BCUT2D eigenvalue weighted by atomic mass is 16.1. The Labute approximate surface area is 134 Å². The van der Waals surface area contributed by atoms with E-state index in [0.717, 1.165) is 22.5 Å². The van der Waals surface area contributed by atoms with Crippen LogP contribution in [0.5, 0.6) is 0 Å². The average Bonchev–Trinajstić information content (AvgIpc) is 3.04. The van der Waals surface area contributed by atoms with Crippen LogP contribution in [0.4, 0.5) is 5.69 Å². The maximum Gasteiger partial charge on any atom is 0.255 e. The second-order valence-electron chi connectivity index (χ2n) is 5.51. The first-order valence-electron chi connectivity index (χ1n) is 7.27. The number of hydrogen-bond donors (Lipinski definition) is 1. The number of amides is 1. The smallest absolute Gasteiger partial charge is 0.255 e. The zero-order valence-corrected chi connectivity index (χ0v) is 13.2. The lowest BCUT2D eigenvalue weighted by Crippen LogP contribution is -2.12. The van der Waals surface area contributed by atoms with Gasteiger partial charge in [-0.1, -0.05) is 6.07 Å². The molecule has 116 valence electrons. The lowest BCUT2D eigenvalue weighted by Gasteiger charge is -2.10. The van der Waals surface area contributed by atoms with Crippen LogP contribution >= 0.6 is 0 Å². The first kappa shape index (κ1) is 14.9. The fraction of sp³-hybridized carbons (Fsp3) is 0.176. The quantitative estimate of drug-likeness (QED) is 0.807. The van der Waals surface area contributed by atoms with Crippen LogP contribution < -0.4 is 5.32 Å². The minimum Gasteiger partial charge on any atom is -0.322 e. The summed E-state index contributed by atoms with van der Waals surface area (Å²) in [6.07, 6.45) is 1.54. The molecule has 1 N–H and O–H groups in total. The molecular weight excluding hydrogens is 290 g/mol. The fourth-order valence-corrected chi connectivity index (χ4v) is 2.35. The van der Waals surface area contributed by atoms with Gasteiger partial charge >= 0.3 is 0 Å². The van der Waals surface area contributed by atoms with Gasteiger partial charge in [0.25, 0.3) is 5.91 Å². The third kappa shape index (κ3) is 3.11. The van der Waals surface area contributed by atoms with Crippen LogP contribution in [-0.4, -0.2) is 26.1 Å². The molecule has 6 heteroatoms. The number of nitrogens with one attached hydrogen (secondary N) is 1. The number of nitrogens with zero attached hydrogens (tertiary/aromatic N) is 4. The Balaban J connectivity index is 1.81. The summed E-state index contributed by atoms with van der Waals surface area (Å²) < 4.78 is 1.59. The molecule has 0 radical (unpaired) electrons. The Morgan fingerprint density at radius 3 is 2.48 bits per heavy atom. The Morgan fingerprint density at radius 2 is 1.83 bits per heavy atom. The zero-order valence-electron chi connectivity index (χ0n) is 13.2. The highest BCUT2D eigenvalue weighted by Gasteiger charge is 2.09. The number of aromatic nitrogens is 4. The van der Waals surface area contributed by atoms with Crippen molar-refractivity contribution >= 4 is 11.6 Å². The molecule has 0 atom stereocenters. The van der Waals surface area contributed by atoms with Gasteiger partial charge in [0.05, 0.1) is 5.69 Å². The van der Waals surface area contributed by atoms with E-state index in [0.29, 0.717) is 5.56 Å². The van der Waals surface area contributed by atoms with Gasteiger partial charge in [-0.15, -0.1) is 5.10 Å². The van der Waals surface area contributed by atoms with E-state index in [-0.39, 0.29) is 5.91 Å². The van der Waals surface area contributed by atoms with E-state index in [1.807, 2.05) is 57.2 Å². The summed E-state index contributed by atoms with van der Waals surface area (Å²) in [5.41, 5.74) is 5.50. The first-order valence-corrected chi connectivity index (χ1v) is 7.27. The SMILES string of the molecule is Cc1ccc(C(=O)Nc2ccc(-n3cnnn3)c(C)c2)cc1C. The zero-order chi connectivity index (χ0) is 16.4. The van der Waals surface area contributed by atoms with Crippen molar-refractivity contribution in [1.29, 1.82) is 0 Å². The average molecular weight is 307 g/mol. The molecule has 23 heavy (non-hydrogen) atoms. The molecule has 3 aromatic rings. The van der Waals surface area contributed by atoms with Crippen LogP contribution in [0.1, 0.15) is 27.0 Å². The topological polar surface area (TPSA) is 72.7 Å². The summed E-state index contributed by atoms with van der Waals surface area (Å²) in [5, 5.41) is 14.0. The molecule has 0 fully saturated rings. The monoisotopic (exact) mass is 307 g/mol. The van der Waals surface area contributed by atoms with Crippen LogP contribution in [0.3, 0.4) is 0 Å². The van der Waals surface area contributed by atoms with Gasteiger partial charge in [0.15, 0.2) is 0 Å². The van der Waals surface area contributed by atoms with E-state index >= 15 is 0 Å². The van der Waals surface area contributed by atoms with Crippen LogP contribution in [0.15, 0.2) is 42.7 Å². The number of aryl methyl sites for hydroxylation is 3. The summed E-state index contributed by atoms with van der Waals surface area (Å²) in [5.74, 6) is -0.123. The first-order chi connectivity index (χ1) is 11.0. The standard InChI is InChI=1S/C17H17N5O/c1-11-4-5-14(8-12(11)2)17(23)19-15-6-7-16(13(3)9-15)22-10-18-20-21-22/h4-10H,1-3H3,(H,19,23). The molecule has 0 spiro atoms. The Bertz CT molecular complexity index is 855. The van der Waals surface area contributed by atoms with E-state index in [1.54, 1.807) is 4.68 Å². The molecule has 0 bridgehead atoms. The van der Waals surface area contributed by atoms with E-state index in [9.17, 15) is 4.79 Å². The van der Waals surface area contributed by atoms with Gasteiger partial charge in [0.2, 0.25) is 0 Å². The van der Waals surface area contributed by atoms with Crippen molar-refractivity contribution in [3.8, 4) is 5.69 Å². The number of rotatable bonds is 3. The predicted octanol–water partition coefficient (Wildman–Crippen LogP) is 2.84. The van der Waals surface area contributed by atoms with E-state index < -0.39 is 0 Å². The number of anilines is 1. The molecular formula is C17H17N5O. The van der Waals surface area contributed by atoms with Gasteiger partial charge < -0.3 is 5.32 Å². The molecule has 6 nitrogen and oxygen atoms in total. The van der Waals surface area contributed by atoms with Gasteiger partial charge in [-0.05, 0) is 78.2 Å². The lowest BCUT2D eigenvalue weighted by atomic mass is 10.1. The van der Waals surface area contributed by atoms with Gasteiger partial charge in [-0.2, -0.15) is 0 Å². The third-order valence-electron chi connectivity index (χ3n) is 3.82. The summed E-state index contributed by atoms with van der Waals surface area (Å²) >= 11 is 0. The second-order valence-corrected chi connectivity index (χ2v) is 5.51. The number of carbonyl (C=O) groups is 1. The van der Waals surface area contributed by atoms with Gasteiger partial charge in [0, 0.05) is 11.3 Å². The van der Waals surface area contributed by atoms with Crippen molar-refractivity contribution in [3.63, 3.8) is 0 Å². The number of tetrazole rings is 1. The molecule has 1 heterocycles. The van der Waals surface area contributed by atoms with Crippen molar-refractivity contribution in [2.45, 2.75) is 20.8 Å². The summed E-state index contributed by atoms with van der Waals surface area (Å²) in [6, 6.07) is 11.3.